The normalized spacial score (nSPS) is 10.9. The number of hydrogen-bond donors (Lipinski definition) is 1. The first-order valence-corrected chi connectivity index (χ1v) is 6.98. The summed E-state index contributed by atoms with van der Waals surface area (Å²) < 4.78 is 0. The SMILES string of the molecule is CCCCCC(=O)N/N=C/c1ccc(CC)s1. The Morgan fingerprint density at radius 1 is 1.41 bits per heavy atom. The Balaban J connectivity index is 2.27. The van der Waals surface area contributed by atoms with Crippen LogP contribution in [0.1, 0.15) is 49.3 Å². The second kappa shape index (κ2) is 8.01. The van der Waals surface area contributed by atoms with Gasteiger partial charge in [-0.05, 0) is 25.0 Å². The monoisotopic (exact) mass is 252 g/mol. The second-order valence-electron chi connectivity index (χ2n) is 3.91. The molecular formula is C13H20N2OS. The van der Waals surface area contributed by atoms with Gasteiger partial charge in [0.25, 0.3) is 0 Å². The molecule has 0 fully saturated rings. The Morgan fingerprint density at radius 2 is 2.24 bits per heavy atom. The van der Waals surface area contributed by atoms with E-state index in [1.807, 2.05) is 6.07 Å². The first-order chi connectivity index (χ1) is 8.26. The summed E-state index contributed by atoms with van der Waals surface area (Å²) in [6.07, 6.45) is 6.49. The number of nitrogens with zero attached hydrogens (tertiary/aromatic N) is 1. The molecule has 0 unspecified atom stereocenters. The maximum atomic E-state index is 11.3. The van der Waals surface area contributed by atoms with Crippen LogP contribution in [-0.2, 0) is 11.2 Å². The molecule has 4 heteroatoms. The third-order valence-electron chi connectivity index (χ3n) is 2.42. The number of rotatable bonds is 7. The number of nitrogens with one attached hydrogen (secondary N) is 1. The molecule has 0 spiro atoms. The van der Waals surface area contributed by atoms with E-state index in [1.54, 1.807) is 17.6 Å². The van der Waals surface area contributed by atoms with E-state index in [0.717, 1.165) is 30.6 Å². The molecule has 1 aromatic rings. The maximum Gasteiger partial charge on any atom is 0.240 e. The fourth-order valence-corrected chi connectivity index (χ4v) is 2.24. The largest absolute Gasteiger partial charge is 0.273 e. The predicted octanol–water partition coefficient (Wildman–Crippen LogP) is 3.34. The van der Waals surface area contributed by atoms with Crippen LogP contribution in [0.4, 0.5) is 0 Å². The molecule has 0 aromatic carbocycles. The molecule has 0 aliphatic carbocycles. The summed E-state index contributed by atoms with van der Waals surface area (Å²) in [6.45, 7) is 4.25. The van der Waals surface area contributed by atoms with E-state index in [1.165, 1.54) is 4.88 Å². The van der Waals surface area contributed by atoms with Crippen LogP contribution in [-0.4, -0.2) is 12.1 Å². The highest BCUT2D eigenvalue weighted by Crippen LogP contribution is 2.14. The highest BCUT2D eigenvalue weighted by atomic mass is 32.1. The number of hydrazone groups is 1. The van der Waals surface area contributed by atoms with Crippen LogP contribution in [0.15, 0.2) is 17.2 Å². The zero-order valence-electron chi connectivity index (χ0n) is 10.5. The van der Waals surface area contributed by atoms with Crippen molar-refractivity contribution >= 4 is 23.5 Å². The Bertz CT molecular complexity index is 371. The van der Waals surface area contributed by atoms with Gasteiger partial charge >= 0.3 is 0 Å². The van der Waals surface area contributed by atoms with E-state index in [0.29, 0.717) is 6.42 Å². The first-order valence-electron chi connectivity index (χ1n) is 6.16. The number of unbranched alkanes of at least 4 members (excludes halogenated alkanes) is 2. The van der Waals surface area contributed by atoms with Crippen molar-refractivity contribution in [1.29, 1.82) is 0 Å². The van der Waals surface area contributed by atoms with Gasteiger partial charge in [0.15, 0.2) is 0 Å². The fourth-order valence-electron chi connectivity index (χ4n) is 1.41. The molecule has 94 valence electrons. The number of carbonyl (C=O) groups excluding carboxylic acids is 1. The molecule has 1 N–H and O–H groups in total. The molecular weight excluding hydrogens is 232 g/mol. The highest BCUT2D eigenvalue weighted by Gasteiger charge is 1.98. The molecule has 0 aliphatic heterocycles. The molecule has 1 rings (SSSR count). The minimum absolute atomic E-state index is 0.00183. The van der Waals surface area contributed by atoms with Gasteiger partial charge in [0, 0.05) is 16.2 Å². The van der Waals surface area contributed by atoms with Crippen molar-refractivity contribution in [1.82, 2.24) is 5.43 Å². The molecule has 0 saturated heterocycles. The molecule has 3 nitrogen and oxygen atoms in total. The first kappa shape index (κ1) is 13.9. The topological polar surface area (TPSA) is 41.5 Å². The minimum Gasteiger partial charge on any atom is -0.273 e. The van der Waals surface area contributed by atoms with E-state index in [2.05, 4.69) is 30.4 Å². The summed E-state index contributed by atoms with van der Waals surface area (Å²) in [5, 5.41) is 3.95. The lowest BCUT2D eigenvalue weighted by Gasteiger charge is -1.97. The summed E-state index contributed by atoms with van der Waals surface area (Å²) in [5.41, 5.74) is 2.55. The lowest BCUT2D eigenvalue weighted by Crippen LogP contribution is -2.16. The Morgan fingerprint density at radius 3 is 2.88 bits per heavy atom. The lowest BCUT2D eigenvalue weighted by atomic mass is 10.2. The number of thiophene rings is 1. The van der Waals surface area contributed by atoms with Crippen LogP contribution in [0.25, 0.3) is 0 Å². The van der Waals surface area contributed by atoms with Crippen molar-refractivity contribution in [3.8, 4) is 0 Å². The fraction of sp³-hybridized carbons (Fsp3) is 0.538. The van der Waals surface area contributed by atoms with Gasteiger partial charge in [-0.25, -0.2) is 5.43 Å². The lowest BCUT2D eigenvalue weighted by molar-refractivity contribution is -0.121. The highest BCUT2D eigenvalue weighted by molar-refractivity contribution is 7.13. The van der Waals surface area contributed by atoms with Gasteiger partial charge in [-0.1, -0.05) is 26.7 Å². The van der Waals surface area contributed by atoms with Gasteiger partial charge < -0.3 is 0 Å². The molecule has 0 atom stereocenters. The van der Waals surface area contributed by atoms with Crippen LogP contribution in [0.3, 0.4) is 0 Å². The maximum absolute atomic E-state index is 11.3. The third kappa shape index (κ3) is 5.63. The summed E-state index contributed by atoms with van der Waals surface area (Å²) >= 11 is 1.71. The quantitative estimate of drug-likeness (QED) is 0.451. The average Bonchev–Trinajstić information content (AvgIpc) is 2.77. The van der Waals surface area contributed by atoms with Crippen molar-refractivity contribution in [2.45, 2.75) is 46.0 Å². The van der Waals surface area contributed by atoms with Gasteiger partial charge in [0.2, 0.25) is 5.91 Å². The van der Waals surface area contributed by atoms with Crippen LogP contribution in [0, 0.1) is 0 Å². The molecule has 1 aromatic heterocycles. The van der Waals surface area contributed by atoms with Crippen molar-refractivity contribution in [3.63, 3.8) is 0 Å². The predicted molar refractivity (Wildman–Crippen MR) is 73.6 cm³/mol. The summed E-state index contributed by atoms with van der Waals surface area (Å²) in [7, 11) is 0. The van der Waals surface area contributed by atoms with Crippen LogP contribution in [0.2, 0.25) is 0 Å². The standard InChI is InChI=1S/C13H20N2OS/c1-3-5-6-7-13(16)15-14-10-12-9-8-11(4-2)17-12/h8-10H,3-7H2,1-2H3,(H,15,16)/b14-10+. The second-order valence-corrected chi connectivity index (χ2v) is 5.11. The van der Waals surface area contributed by atoms with Gasteiger partial charge in [0.1, 0.15) is 0 Å². The zero-order chi connectivity index (χ0) is 12.5. The van der Waals surface area contributed by atoms with Crippen molar-refractivity contribution < 1.29 is 4.79 Å². The Kier molecular flexibility index (Phi) is 6.55. The molecule has 0 aliphatic rings. The number of amides is 1. The zero-order valence-corrected chi connectivity index (χ0v) is 11.3. The number of carbonyl (C=O) groups is 1. The Labute approximate surface area is 107 Å². The van der Waals surface area contributed by atoms with Gasteiger partial charge in [-0.3, -0.25) is 4.79 Å². The molecule has 1 heterocycles. The van der Waals surface area contributed by atoms with E-state index >= 15 is 0 Å². The van der Waals surface area contributed by atoms with Crippen LogP contribution < -0.4 is 5.43 Å². The van der Waals surface area contributed by atoms with Crippen LogP contribution in [0.5, 0.6) is 0 Å². The molecule has 0 radical (unpaired) electrons. The van der Waals surface area contributed by atoms with Crippen molar-refractivity contribution in [3.05, 3.63) is 21.9 Å². The molecule has 1 amide bonds. The van der Waals surface area contributed by atoms with E-state index in [-0.39, 0.29) is 5.91 Å². The van der Waals surface area contributed by atoms with Crippen molar-refractivity contribution in [2.75, 3.05) is 0 Å². The Hall–Kier alpha value is -1.16. The summed E-state index contributed by atoms with van der Waals surface area (Å²) in [4.78, 5) is 13.8. The van der Waals surface area contributed by atoms with Crippen molar-refractivity contribution in [2.24, 2.45) is 5.10 Å². The summed E-state index contributed by atoms with van der Waals surface area (Å²) in [5.74, 6) is 0.00183. The van der Waals surface area contributed by atoms with E-state index in [4.69, 9.17) is 0 Å². The number of hydrogen-bond acceptors (Lipinski definition) is 3. The average molecular weight is 252 g/mol. The van der Waals surface area contributed by atoms with Gasteiger partial charge in [0.05, 0.1) is 6.21 Å². The molecule has 0 bridgehead atoms. The van der Waals surface area contributed by atoms with Crippen LogP contribution >= 0.6 is 11.3 Å². The van der Waals surface area contributed by atoms with Gasteiger partial charge in [-0.15, -0.1) is 11.3 Å². The van der Waals surface area contributed by atoms with Gasteiger partial charge in [-0.2, -0.15) is 5.10 Å². The van der Waals surface area contributed by atoms with E-state index in [9.17, 15) is 4.79 Å². The van der Waals surface area contributed by atoms with E-state index < -0.39 is 0 Å². The summed E-state index contributed by atoms with van der Waals surface area (Å²) in [6, 6.07) is 4.12. The smallest absolute Gasteiger partial charge is 0.240 e. The number of aryl methyl sites for hydroxylation is 1. The minimum atomic E-state index is 0.00183. The molecule has 0 saturated carbocycles. The molecule has 17 heavy (non-hydrogen) atoms. The third-order valence-corrected chi connectivity index (χ3v) is 3.58.